The first-order valence-corrected chi connectivity index (χ1v) is 12.6. The van der Waals surface area contributed by atoms with Crippen LogP contribution in [0, 0.1) is 0 Å². The Bertz CT molecular complexity index is 1380. The van der Waals surface area contributed by atoms with Crippen LogP contribution in [0.1, 0.15) is 17.2 Å². The summed E-state index contributed by atoms with van der Waals surface area (Å²) in [4.78, 5) is 13.1. The highest BCUT2D eigenvalue weighted by molar-refractivity contribution is 7.99. The minimum atomic E-state index is -0.238. The van der Waals surface area contributed by atoms with E-state index in [1.54, 1.807) is 0 Å². The first kappa shape index (κ1) is 23.4. The van der Waals surface area contributed by atoms with Crippen LogP contribution in [0.2, 0.25) is 0 Å². The number of nitrogens with one attached hydrogen (secondary N) is 1. The first-order valence-electron chi connectivity index (χ1n) is 11.6. The molecule has 0 atom stereocenters. The molecule has 0 saturated heterocycles. The lowest BCUT2D eigenvalue weighted by atomic mass is 9.99. The van der Waals surface area contributed by atoms with Crippen molar-refractivity contribution in [2.24, 2.45) is 0 Å². The van der Waals surface area contributed by atoms with E-state index in [0.717, 1.165) is 22.4 Å². The Morgan fingerprint density at radius 3 is 1.92 bits per heavy atom. The molecule has 1 aromatic heterocycles. The van der Waals surface area contributed by atoms with Crippen LogP contribution in [0.25, 0.3) is 17.1 Å². The van der Waals surface area contributed by atoms with Gasteiger partial charge in [-0.15, -0.1) is 10.2 Å². The van der Waals surface area contributed by atoms with Crippen molar-refractivity contribution in [2.75, 3.05) is 11.5 Å². The van der Waals surface area contributed by atoms with Crippen molar-refractivity contribution < 1.29 is 4.79 Å². The summed E-state index contributed by atoms with van der Waals surface area (Å²) in [5.41, 5.74) is 10.4. The van der Waals surface area contributed by atoms with Crippen LogP contribution in [-0.4, -0.2) is 26.4 Å². The van der Waals surface area contributed by atoms with Gasteiger partial charge in [-0.25, -0.2) is 0 Å². The van der Waals surface area contributed by atoms with Gasteiger partial charge in [0.05, 0.1) is 11.8 Å². The van der Waals surface area contributed by atoms with Gasteiger partial charge in [0.15, 0.2) is 11.0 Å². The standard InChI is InChI=1S/C29H25N5OS/c30-24-18-16-23(17-19-24)28-32-33-29(34(28)25-14-8-3-9-15-25)36-20-26(35)31-27(21-10-4-1-5-11-21)22-12-6-2-7-13-22/h1-19,27H,20,30H2,(H,31,35). The third kappa shape index (κ3) is 5.31. The van der Waals surface area contributed by atoms with E-state index in [4.69, 9.17) is 5.73 Å². The van der Waals surface area contributed by atoms with Crippen LogP contribution in [0.5, 0.6) is 0 Å². The highest BCUT2D eigenvalue weighted by Gasteiger charge is 2.20. The van der Waals surface area contributed by atoms with Gasteiger partial charge in [0.1, 0.15) is 0 Å². The van der Waals surface area contributed by atoms with Crippen LogP contribution in [0.3, 0.4) is 0 Å². The number of para-hydroxylation sites is 1. The number of nitrogens with zero attached hydrogens (tertiary/aromatic N) is 3. The monoisotopic (exact) mass is 491 g/mol. The van der Waals surface area contributed by atoms with Gasteiger partial charge >= 0.3 is 0 Å². The van der Waals surface area contributed by atoms with Crippen molar-refractivity contribution in [1.82, 2.24) is 20.1 Å². The molecule has 5 aromatic rings. The topological polar surface area (TPSA) is 85.8 Å². The summed E-state index contributed by atoms with van der Waals surface area (Å²) in [5, 5.41) is 12.7. The van der Waals surface area contributed by atoms with E-state index in [2.05, 4.69) is 15.5 Å². The summed E-state index contributed by atoms with van der Waals surface area (Å²) in [5.74, 6) is 0.799. The lowest BCUT2D eigenvalue weighted by Crippen LogP contribution is -2.30. The normalized spacial score (nSPS) is 10.9. The minimum Gasteiger partial charge on any atom is -0.399 e. The number of anilines is 1. The largest absolute Gasteiger partial charge is 0.399 e. The minimum absolute atomic E-state index is 0.0886. The van der Waals surface area contributed by atoms with E-state index in [9.17, 15) is 4.79 Å². The van der Waals surface area contributed by atoms with E-state index in [-0.39, 0.29) is 17.7 Å². The highest BCUT2D eigenvalue weighted by atomic mass is 32.2. The van der Waals surface area contributed by atoms with Gasteiger partial charge in [-0.3, -0.25) is 9.36 Å². The smallest absolute Gasteiger partial charge is 0.231 e. The number of thioether (sulfide) groups is 1. The molecule has 7 heteroatoms. The molecule has 178 valence electrons. The van der Waals surface area contributed by atoms with Crippen molar-refractivity contribution in [2.45, 2.75) is 11.2 Å². The average molecular weight is 492 g/mol. The van der Waals surface area contributed by atoms with Crippen LogP contribution in [0.15, 0.2) is 120 Å². The summed E-state index contributed by atoms with van der Waals surface area (Å²) in [6.45, 7) is 0. The number of nitrogen functional groups attached to an aromatic ring is 1. The molecule has 4 aromatic carbocycles. The number of benzene rings is 4. The van der Waals surface area contributed by atoms with Gasteiger partial charge in [-0.2, -0.15) is 0 Å². The molecule has 5 rings (SSSR count). The zero-order valence-corrected chi connectivity index (χ0v) is 20.3. The fourth-order valence-corrected chi connectivity index (χ4v) is 4.74. The van der Waals surface area contributed by atoms with Crippen molar-refractivity contribution in [3.63, 3.8) is 0 Å². The summed E-state index contributed by atoms with van der Waals surface area (Å²) in [6.07, 6.45) is 0. The third-order valence-electron chi connectivity index (χ3n) is 5.72. The number of hydrogen-bond acceptors (Lipinski definition) is 5. The zero-order chi connectivity index (χ0) is 24.7. The Morgan fingerprint density at radius 1 is 0.778 bits per heavy atom. The van der Waals surface area contributed by atoms with Crippen molar-refractivity contribution >= 4 is 23.4 Å². The van der Waals surface area contributed by atoms with Gasteiger partial charge in [0, 0.05) is 16.9 Å². The molecule has 1 amide bonds. The second-order valence-electron chi connectivity index (χ2n) is 8.21. The summed E-state index contributed by atoms with van der Waals surface area (Å²) >= 11 is 1.35. The number of nitrogens with two attached hydrogens (primary N) is 1. The number of carbonyl (C=O) groups excluding carboxylic acids is 1. The third-order valence-corrected chi connectivity index (χ3v) is 6.65. The van der Waals surface area contributed by atoms with Gasteiger partial charge in [-0.1, -0.05) is 90.6 Å². The summed E-state index contributed by atoms with van der Waals surface area (Å²) in [6, 6.07) is 37.1. The Labute approximate surface area is 214 Å². The maximum atomic E-state index is 13.1. The van der Waals surface area contributed by atoms with E-state index in [1.165, 1.54) is 11.8 Å². The molecule has 0 fully saturated rings. The van der Waals surface area contributed by atoms with Crippen molar-refractivity contribution in [1.29, 1.82) is 0 Å². The predicted molar refractivity (Wildman–Crippen MR) is 145 cm³/mol. The van der Waals surface area contributed by atoms with Gasteiger partial charge in [0.25, 0.3) is 0 Å². The molecular formula is C29H25N5OS. The van der Waals surface area contributed by atoms with Crippen LogP contribution < -0.4 is 11.1 Å². The SMILES string of the molecule is Nc1ccc(-c2nnc(SCC(=O)NC(c3ccccc3)c3ccccc3)n2-c2ccccc2)cc1. The molecule has 36 heavy (non-hydrogen) atoms. The summed E-state index contributed by atoms with van der Waals surface area (Å²) in [7, 11) is 0. The highest BCUT2D eigenvalue weighted by Crippen LogP contribution is 2.29. The van der Waals surface area contributed by atoms with Crippen LogP contribution in [-0.2, 0) is 4.79 Å². The van der Waals surface area contributed by atoms with Gasteiger partial charge in [0.2, 0.25) is 5.91 Å². The Balaban J connectivity index is 1.39. The number of rotatable bonds is 8. The number of amides is 1. The molecule has 0 saturated carbocycles. The number of aromatic nitrogens is 3. The van der Waals surface area contributed by atoms with Crippen molar-refractivity contribution in [3.05, 3.63) is 126 Å². The molecule has 3 N–H and O–H groups in total. The Morgan fingerprint density at radius 2 is 1.33 bits per heavy atom. The molecule has 0 unspecified atom stereocenters. The molecule has 6 nitrogen and oxygen atoms in total. The van der Waals surface area contributed by atoms with E-state index in [1.807, 2.05) is 120 Å². The maximum absolute atomic E-state index is 13.1. The Hall–Kier alpha value is -4.36. The molecule has 0 aliphatic carbocycles. The lowest BCUT2D eigenvalue weighted by Gasteiger charge is -2.20. The van der Waals surface area contributed by atoms with E-state index in [0.29, 0.717) is 16.7 Å². The quantitative estimate of drug-likeness (QED) is 0.221. The number of hydrogen-bond donors (Lipinski definition) is 2. The van der Waals surface area contributed by atoms with Gasteiger partial charge < -0.3 is 11.1 Å². The lowest BCUT2D eigenvalue weighted by molar-refractivity contribution is -0.119. The zero-order valence-electron chi connectivity index (χ0n) is 19.5. The molecular weight excluding hydrogens is 466 g/mol. The molecule has 0 bridgehead atoms. The fraction of sp³-hybridized carbons (Fsp3) is 0.0690. The number of carbonyl (C=O) groups is 1. The Kier molecular flexibility index (Phi) is 7.10. The molecule has 0 aliphatic rings. The maximum Gasteiger partial charge on any atom is 0.231 e. The second-order valence-corrected chi connectivity index (χ2v) is 9.15. The van der Waals surface area contributed by atoms with Crippen molar-refractivity contribution in [3.8, 4) is 17.1 Å². The predicted octanol–water partition coefficient (Wildman–Crippen LogP) is 5.51. The van der Waals surface area contributed by atoms with Crippen LogP contribution in [0.4, 0.5) is 5.69 Å². The van der Waals surface area contributed by atoms with Gasteiger partial charge in [-0.05, 0) is 47.5 Å². The molecule has 1 heterocycles. The second kappa shape index (κ2) is 10.9. The molecule has 0 aliphatic heterocycles. The van der Waals surface area contributed by atoms with Crippen LogP contribution >= 0.6 is 11.8 Å². The average Bonchev–Trinajstić information content (AvgIpc) is 3.36. The summed E-state index contributed by atoms with van der Waals surface area (Å²) < 4.78 is 1.97. The first-order chi connectivity index (χ1) is 17.7. The van der Waals surface area contributed by atoms with E-state index >= 15 is 0 Å². The molecule has 0 spiro atoms. The molecule has 0 radical (unpaired) electrons. The van der Waals surface area contributed by atoms with E-state index < -0.39 is 0 Å². The fourth-order valence-electron chi connectivity index (χ4n) is 3.98.